The molecular formula is C15H12BrClN2O. The van der Waals surface area contributed by atoms with Crippen LogP contribution in [0.5, 0.6) is 0 Å². The molecule has 20 heavy (non-hydrogen) atoms. The molecule has 0 aliphatic rings. The molecule has 102 valence electrons. The molecule has 0 spiro atoms. The quantitative estimate of drug-likeness (QED) is 0.666. The van der Waals surface area contributed by atoms with Crippen molar-refractivity contribution in [1.82, 2.24) is 9.97 Å². The monoisotopic (exact) mass is 350 g/mol. The average molecular weight is 352 g/mol. The van der Waals surface area contributed by atoms with Crippen LogP contribution in [0.4, 0.5) is 0 Å². The van der Waals surface area contributed by atoms with Gasteiger partial charge >= 0.3 is 5.69 Å². The summed E-state index contributed by atoms with van der Waals surface area (Å²) in [5.74, 6) is 0. The molecule has 0 fully saturated rings. The number of nitrogens with one attached hydrogen (secondary N) is 2. The Balaban J connectivity index is 2.06. The van der Waals surface area contributed by atoms with E-state index >= 15 is 0 Å². The number of H-pyrrole nitrogens is 2. The Bertz CT molecular complexity index is 837. The molecule has 3 rings (SSSR count). The molecule has 2 aromatic carbocycles. The highest BCUT2D eigenvalue weighted by molar-refractivity contribution is 9.10. The van der Waals surface area contributed by atoms with E-state index in [0.29, 0.717) is 0 Å². The molecule has 1 heterocycles. The molecule has 1 aromatic heterocycles. The van der Waals surface area contributed by atoms with Crippen LogP contribution >= 0.6 is 27.5 Å². The minimum Gasteiger partial charge on any atom is -0.306 e. The molecule has 1 atom stereocenters. The van der Waals surface area contributed by atoms with Crippen LogP contribution in [-0.4, -0.2) is 9.97 Å². The van der Waals surface area contributed by atoms with Crippen molar-refractivity contribution < 1.29 is 0 Å². The van der Waals surface area contributed by atoms with Crippen molar-refractivity contribution in [2.45, 2.75) is 12.3 Å². The van der Waals surface area contributed by atoms with Crippen LogP contribution in [0.15, 0.2) is 45.7 Å². The number of imidazole rings is 1. The van der Waals surface area contributed by atoms with E-state index in [1.54, 1.807) is 0 Å². The van der Waals surface area contributed by atoms with E-state index in [0.717, 1.165) is 26.6 Å². The van der Waals surface area contributed by atoms with Gasteiger partial charge in [-0.25, -0.2) is 4.79 Å². The fraction of sp³-hybridized carbons (Fsp3) is 0.133. The predicted molar refractivity (Wildman–Crippen MR) is 85.5 cm³/mol. The zero-order valence-corrected chi connectivity index (χ0v) is 13.0. The lowest BCUT2D eigenvalue weighted by Gasteiger charge is -2.13. The summed E-state index contributed by atoms with van der Waals surface area (Å²) in [6, 6.07) is 11.8. The summed E-state index contributed by atoms with van der Waals surface area (Å²) in [7, 11) is 0. The molecule has 3 nitrogen and oxygen atoms in total. The highest BCUT2D eigenvalue weighted by Gasteiger charge is 2.15. The number of hydrogen-bond donors (Lipinski definition) is 2. The summed E-state index contributed by atoms with van der Waals surface area (Å²) >= 11 is 10.1. The van der Waals surface area contributed by atoms with Crippen molar-refractivity contribution >= 4 is 38.6 Å². The van der Waals surface area contributed by atoms with Crippen LogP contribution in [0.2, 0.25) is 0 Å². The molecule has 0 bridgehead atoms. The zero-order valence-electron chi connectivity index (χ0n) is 10.7. The van der Waals surface area contributed by atoms with Crippen LogP contribution in [-0.2, 0) is 0 Å². The van der Waals surface area contributed by atoms with Gasteiger partial charge in [0, 0.05) is 4.47 Å². The third-order valence-electron chi connectivity index (χ3n) is 3.26. The molecule has 0 amide bonds. The van der Waals surface area contributed by atoms with Crippen LogP contribution in [0.1, 0.15) is 22.1 Å². The Hall–Kier alpha value is -1.52. The van der Waals surface area contributed by atoms with E-state index in [1.165, 1.54) is 5.56 Å². The summed E-state index contributed by atoms with van der Waals surface area (Å²) in [5.41, 5.74) is 4.47. The van der Waals surface area contributed by atoms with Gasteiger partial charge in [0.05, 0.1) is 16.4 Å². The van der Waals surface area contributed by atoms with Gasteiger partial charge in [-0.1, -0.05) is 34.1 Å². The topological polar surface area (TPSA) is 48.6 Å². The van der Waals surface area contributed by atoms with Gasteiger partial charge in [0.2, 0.25) is 0 Å². The number of aromatic amines is 2. The summed E-state index contributed by atoms with van der Waals surface area (Å²) in [6.07, 6.45) is 0. The van der Waals surface area contributed by atoms with Gasteiger partial charge in [-0.3, -0.25) is 0 Å². The number of aromatic nitrogens is 2. The van der Waals surface area contributed by atoms with Crippen molar-refractivity contribution in [3.8, 4) is 0 Å². The largest absolute Gasteiger partial charge is 0.323 e. The number of hydrogen-bond acceptors (Lipinski definition) is 1. The molecule has 2 N–H and O–H groups in total. The minimum atomic E-state index is -0.271. The van der Waals surface area contributed by atoms with Gasteiger partial charge in [0.25, 0.3) is 0 Å². The van der Waals surface area contributed by atoms with Crippen LogP contribution < -0.4 is 5.69 Å². The van der Waals surface area contributed by atoms with Crippen molar-refractivity contribution in [3.63, 3.8) is 0 Å². The summed E-state index contributed by atoms with van der Waals surface area (Å²) in [6.45, 7) is 2.04. The molecular weight excluding hydrogens is 340 g/mol. The number of aryl methyl sites for hydroxylation is 1. The van der Waals surface area contributed by atoms with Gasteiger partial charge in [0.15, 0.2) is 0 Å². The van der Waals surface area contributed by atoms with Gasteiger partial charge in [-0.05, 0) is 41.8 Å². The van der Waals surface area contributed by atoms with Crippen molar-refractivity contribution in [1.29, 1.82) is 0 Å². The summed E-state index contributed by atoms with van der Waals surface area (Å²) in [5, 5.41) is -0.271. The lowest BCUT2D eigenvalue weighted by molar-refractivity contribution is 1.13. The number of rotatable bonds is 2. The first-order valence-electron chi connectivity index (χ1n) is 6.16. The third kappa shape index (κ3) is 2.41. The molecule has 0 saturated heterocycles. The van der Waals surface area contributed by atoms with Gasteiger partial charge in [0.1, 0.15) is 0 Å². The smallest absolute Gasteiger partial charge is 0.306 e. The SMILES string of the molecule is Cc1ccc(C(Cl)c2ccc3[nH]c(=O)[nH]c3c2)c(Br)c1. The molecule has 0 aliphatic heterocycles. The van der Waals surface area contributed by atoms with E-state index in [1.807, 2.05) is 43.3 Å². The van der Waals surface area contributed by atoms with E-state index in [4.69, 9.17) is 11.6 Å². The Morgan fingerprint density at radius 2 is 1.85 bits per heavy atom. The van der Waals surface area contributed by atoms with Gasteiger partial charge in [-0.15, -0.1) is 11.6 Å². The summed E-state index contributed by atoms with van der Waals surface area (Å²) < 4.78 is 0.986. The molecule has 3 aromatic rings. The Labute approximate surface area is 129 Å². The maximum Gasteiger partial charge on any atom is 0.323 e. The van der Waals surface area contributed by atoms with E-state index in [9.17, 15) is 4.79 Å². The maximum atomic E-state index is 11.3. The van der Waals surface area contributed by atoms with Crippen LogP contribution in [0, 0.1) is 6.92 Å². The van der Waals surface area contributed by atoms with Crippen LogP contribution in [0.25, 0.3) is 11.0 Å². The number of alkyl halides is 1. The molecule has 0 aliphatic carbocycles. The Morgan fingerprint density at radius 1 is 1.10 bits per heavy atom. The standard InChI is InChI=1S/C15H12BrClN2O/c1-8-2-4-10(11(16)6-8)14(17)9-3-5-12-13(7-9)19-15(20)18-12/h2-7,14H,1H3,(H2,18,19,20). The number of benzene rings is 2. The van der Waals surface area contributed by atoms with E-state index in [-0.39, 0.29) is 11.1 Å². The Kier molecular flexibility index (Phi) is 3.44. The van der Waals surface area contributed by atoms with Crippen LogP contribution in [0.3, 0.4) is 0 Å². The van der Waals surface area contributed by atoms with E-state index < -0.39 is 0 Å². The predicted octanol–water partition coefficient (Wildman–Crippen LogP) is 4.26. The maximum absolute atomic E-state index is 11.3. The third-order valence-corrected chi connectivity index (χ3v) is 4.44. The Morgan fingerprint density at radius 3 is 2.60 bits per heavy atom. The second-order valence-corrected chi connectivity index (χ2v) is 6.06. The second kappa shape index (κ2) is 5.11. The average Bonchev–Trinajstić information content (AvgIpc) is 2.77. The highest BCUT2D eigenvalue weighted by atomic mass is 79.9. The number of fused-ring (bicyclic) bond motifs is 1. The minimum absolute atomic E-state index is 0.209. The first kappa shape index (κ1) is 13.5. The van der Waals surface area contributed by atoms with Crippen molar-refractivity contribution in [2.75, 3.05) is 0 Å². The van der Waals surface area contributed by atoms with Crippen molar-refractivity contribution in [3.05, 3.63) is 68.0 Å². The first-order chi connectivity index (χ1) is 9.54. The van der Waals surface area contributed by atoms with E-state index in [2.05, 4.69) is 25.9 Å². The fourth-order valence-corrected chi connectivity index (χ4v) is 3.41. The molecule has 0 saturated carbocycles. The molecule has 5 heteroatoms. The second-order valence-electron chi connectivity index (χ2n) is 4.77. The zero-order chi connectivity index (χ0) is 14.3. The normalized spacial score (nSPS) is 12.8. The molecule has 1 unspecified atom stereocenters. The highest BCUT2D eigenvalue weighted by Crippen LogP contribution is 2.34. The first-order valence-corrected chi connectivity index (χ1v) is 7.39. The lowest BCUT2D eigenvalue weighted by Crippen LogP contribution is -1.99. The number of halogens is 2. The van der Waals surface area contributed by atoms with Crippen molar-refractivity contribution in [2.24, 2.45) is 0 Å². The lowest BCUT2D eigenvalue weighted by atomic mass is 10.0. The molecule has 0 radical (unpaired) electrons. The van der Waals surface area contributed by atoms with Gasteiger partial charge < -0.3 is 9.97 Å². The fourth-order valence-electron chi connectivity index (χ4n) is 2.23. The van der Waals surface area contributed by atoms with Gasteiger partial charge in [-0.2, -0.15) is 0 Å². The summed E-state index contributed by atoms with van der Waals surface area (Å²) in [4.78, 5) is 16.7.